The first-order valence-electron chi connectivity index (χ1n) is 4.46. The Morgan fingerprint density at radius 3 is 2.86 bits per heavy atom. The van der Waals surface area contributed by atoms with Crippen LogP contribution in [0.25, 0.3) is 0 Å². The Hall–Kier alpha value is -1.82. The predicted molar refractivity (Wildman–Crippen MR) is 53.7 cm³/mol. The third-order valence-corrected chi connectivity index (χ3v) is 1.91. The van der Waals surface area contributed by atoms with Gasteiger partial charge in [-0.15, -0.1) is 0 Å². The number of amides is 1. The van der Waals surface area contributed by atoms with E-state index in [2.05, 4.69) is 5.32 Å². The minimum absolute atomic E-state index is 0.113. The van der Waals surface area contributed by atoms with Gasteiger partial charge < -0.3 is 5.32 Å². The molecule has 0 aliphatic carbocycles. The molecule has 0 heterocycles. The van der Waals surface area contributed by atoms with Crippen LogP contribution in [0.15, 0.2) is 24.3 Å². The third-order valence-electron chi connectivity index (χ3n) is 1.91. The molecular formula is C11H12N2O. The van der Waals surface area contributed by atoms with Crippen molar-refractivity contribution >= 4 is 5.91 Å². The van der Waals surface area contributed by atoms with Crippen LogP contribution >= 0.6 is 0 Å². The summed E-state index contributed by atoms with van der Waals surface area (Å²) in [5.41, 5.74) is 1.62. The second kappa shape index (κ2) is 5.03. The van der Waals surface area contributed by atoms with Crippen molar-refractivity contribution < 1.29 is 4.79 Å². The molecule has 3 heteroatoms. The van der Waals surface area contributed by atoms with E-state index < -0.39 is 0 Å². The van der Waals surface area contributed by atoms with E-state index in [0.29, 0.717) is 18.5 Å². The first-order chi connectivity index (χ1) is 6.75. The van der Waals surface area contributed by atoms with Crippen molar-refractivity contribution in [2.45, 2.75) is 13.3 Å². The van der Waals surface area contributed by atoms with Gasteiger partial charge >= 0.3 is 0 Å². The summed E-state index contributed by atoms with van der Waals surface area (Å²) < 4.78 is 0. The summed E-state index contributed by atoms with van der Waals surface area (Å²) in [5, 5.41) is 11.0. The molecule has 0 aromatic heterocycles. The Labute approximate surface area is 83.4 Å². The summed E-state index contributed by atoms with van der Waals surface area (Å²) in [6.45, 7) is 2.29. The smallest absolute Gasteiger partial charge is 0.251 e. The number of nitrogens with one attached hydrogen (secondary N) is 1. The zero-order valence-corrected chi connectivity index (χ0v) is 8.08. The minimum atomic E-state index is -0.113. The molecule has 0 atom stereocenters. The molecule has 0 spiro atoms. The number of rotatable bonds is 3. The molecule has 0 saturated heterocycles. The second-order valence-electron chi connectivity index (χ2n) is 2.98. The molecule has 0 bridgehead atoms. The number of hydrogen-bond donors (Lipinski definition) is 1. The summed E-state index contributed by atoms with van der Waals surface area (Å²) in [6, 6.07) is 9.35. The molecule has 1 aromatic rings. The second-order valence-corrected chi connectivity index (χ2v) is 2.98. The Morgan fingerprint density at radius 2 is 2.21 bits per heavy atom. The lowest BCUT2D eigenvalue weighted by Crippen LogP contribution is -2.24. The molecule has 1 aromatic carbocycles. The maximum Gasteiger partial charge on any atom is 0.251 e. The molecule has 0 saturated carbocycles. The normalized spacial score (nSPS) is 9.14. The lowest BCUT2D eigenvalue weighted by atomic mass is 10.1. The molecule has 0 aliphatic rings. The van der Waals surface area contributed by atoms with Crippen molar-refractivity contribution in [2.24, 2.45) is 0 Å². The largest absolute Gasteiger partial charge is 0.351 e. The van der Waals surface area contributed by atoms with E-state index >= 15 is 0 Å². The molecule has 0 aliphatic heterocycles. The van der Waals surface area contributed by atoms with Crippen molar-refractivity contribution in [3.8, 4) is 6.07 Å². The van der Waals surface area contributed by atoms with Crippen LogP contribution in [0.1, 0.15) is 22.3 Å². The van der Waals surface area contributed by atoms with Gasteiger partial charge in [-0.2, -0.15) is 5.26 Å². The fourth-order valence-corrected chi connectivity index (χ4v) is 1.15. The molecule has 14 heavy (non-hydrogen) atoms. The number of carbonyl (C=O) groups is 1. The summed E-state index contributed by atoms with van der Waals surface area (Å²) in [6.07, 6.45) is 0.345. The SMILES string of the molecule is Cc1ccccc1C(=O)NCCC#N. The Morgan fingerprint density at radius 1 is 1.50 bits per heavy atom. The minimum Gasteiger partial charge on any atom is -0.351 e. The van der Waals surface area contributed by atoms with Crippen LogP contribution in [-0.2, 0) is 0 Å². The number of benzene rings is 1. The maximum atomic E-state index is 11.5. The van der Waals surface area contributed by atoms with Crippen LogP contribution in [0.5, 0.6) is 0 Å². The summed E-state index contributed by atoms with van der Waals surface area (Å²) in [4.78, 5) is 11.5. The molecule has 0 radical (unpaired) electrons. The van der Waals surface area contributed by atoms with Crippen LogP contribution in [0, 0.1) is 18.3 Å². The van der Waals surface area contributed by atoms with Crippen molar-refractivity contribution in [1.29, 1.82) is 5.26 Å². The van der Waals surface area contributed by atoms with Gasteiger partial charge in [-0.05, 0) is 18.6 Å². The fourth-order valence-electron chi connectivity index (χ4n) is 1.15. The highest BCUT2D eigenvalue weighted by Crippen LogP contribution is 2.05. The standard InChI is InChI=1S/C11H12N2O/c1-9-5-2-3-6-10(9)11(14)13-8-4-7-12/h2-3,5-6H,4,8H2,1H3,(H,13,14). The first kappa shape index (κ1) is 10.3. The van der Waals surface area contributed by atoms with E-state index in [-0.39, 0.29) is 5.91 Å². The molecule has 0 fully saturated rings. The predicted octanol–water partition coefficient (Wildman–Crippen LogP) is 1.64. The lowest BCUT2D eigenvalue weighted by Gasteiger charge is -2.05. The van der Waals surface area contributed by atoms with Crippen molar-refractivity contribution in [3.05, 3.63) is 35.4 Å². The van der Waals surface area contributed by atoms with Crippen LogP contribution < -0.4 is 5.32 Å². The molecule has 1 rings (SSSR count). The monoisotopic (exact) mass is 188 g/mol. The maximum absolute atomic E-state index is 11.5. The van der Waals surface area contributed by atoms with E-state index in [0.717, 1.165) is 5.56 Å². The highest BCUT2D eigenvalue weighted by Gasteiger charge is 2.06. The van der Waals surface area contributed by atoms with Crippen LogP contribution in [0.2, 0.25) is 0 Å². The zero-order valence-electron chi connectivity index (χ0n) is 8.08. The van der Waals surface area contributed by atoms with Crippen LogP contribution in [0.4, 0.5) is 0 Å². The van der Waals surface area contributed by atoms with E-state index in [9.17, 15) is 4.79 Å². The number of aryl methyl sites for hydroxylation is 1. The van der Waals surface area contributed by atoms with Crippen LogP contribution in [-0.4, -0.2) is 12.5 Å². The number of hydrogen-bond acceptors (Lipinski definition) is 2. The van der Waals surface area contributed by atoms with Gasteiger partial charge in [-0.25, -0.2) is 0 Å². The average Bonchev–Trinajstić information content (AvgIpc) is 2.18. The van der Waals surface area contributed by atoms with Crippen molar-refractivity contribution in [1.82, 2.24) is 5.32 Å². The van der Waals surface area contributed by atoms with Crippen LogP contribution in [0.3, 0.4) is 0 Å². The average molecular weight is 188 g/mol. The Balaban J connectivity index is 2.62. The van der Waals surface area contributed by atoms with Crippen molar-refractivity contribution in [2.75, 3.05) is 6.54 Å². The summed E-state index contributed by atoms with van der Waals surface area (Å²) >= 11 is 0. The summed E-state index contributed by atoms with van der Waals surface area (Å²) in [5.74, 6) is -0.113. The van der Waals surface area contributed by atoms with E-state index in [1.165, 1.54) is 0 Å². The summed E-state index contributed by atoms with van der Waals surface area (Å²) in [7, 11) is 0. The third kappa shape index (κ3) is 2.60. The van der Waals surface area contributed by atoms with Gasteiger partial charge in [-0.1, -0.05) is 18.2 Å². The zero-order chi connectivity index (χ0) is 10.4. The number of nitrogens with zero attached hydrogens (tertiary/aromatic N) is 1. The number of carbonyl (C=O) groups excluding carboxylic acids is 1. The van der Waals surface area contributed by atoms with Gasteiger partial charge in [0, 0.05) is 12.1 Å². The van der Waals surface area contributed by atoms with E-state index in [1.807, 2.05) is 31.2 Å². The van der Waals surface area contributed by atoms with Crippen molar-refractivity contribution in [3.63, 3.8) is 0 Å². The topological polar surface area (TPSA) is 52.9 Å². The Bertz CT molecular complexity index is 366. The van der Waals surface area contributed by atoms with E-state index in [4.69, 9.17) is 5.26 Å². The van der Waals surface area contributed by atoms with Gasteiger partial charge in [0.15, 0.2) is 0 Å². The molecule has 0 unspecified atom stereocenters. The quantitative estimate of drug-likeness (QED) is 0.733. The molecule has 72 valence electrons. The van der Waals surface area contributed by atoms with E-state index in [1.54, 1.807) is 6.07 Å². The fraction of sp³-hybridized carbons (Fsp3) is 0.273. The number of nitriles is 1. The molecule has 1 N–H and O–H groups in total. The molecule has 3 nitrogen and oxygen atoms in total. The van der Waals surface area contributed by atoms with Gasteiger partial charge in [0.05, 0.1) is 12.5 Å². The van der Waals surface area contributed by atoms with Gasteiger partial charge in [-0.3, -0.25) is 4.79 Å². The molecular weight excluding hydrogens is 176 g/mol. The Kier molecular flexibility index (Phi) is 3.69. The first-order valence-corrected chi connectivity index (χ1v) is 4.46. The lowest BCUT2D eigenvalue weighted by molar-refractivity contribution is 0.0954. The molecule has 1 amide bonds. The van der Waals surface area contributed by atoms with Gasteiger partial charge in [0.2, 0.25) is 0 Å². The highest BCUT2D eigenvalue weighted by molar-refractivity contribution is 5.95. The van der Waals surface area contributed by atoms with Gasteiger partial charge in [0.1, 0.15) is 0 Å². The van der Waals surface area contributed by atoms with Gasteiger partial charge in [0.25, 0.3) is 5.91 Å². The highest BCUT2D eigenvalue weighted by atomic mass is 16.1.